The normalized spacial score (nSPS) is 11.5. The van der Waals surface area contributed by atoms with Crippen molar-refractivity contribution in [2.45, 2.75) is 31.7 Å². The molecule has 0 aliphatic heterocycles. The van der Waals surface area contributed by atoms with Crippen molar-refractivity contribution in [1.29, 1.82) is 0 Å². The lowest BCUT2D eigenvalue weighted by Crippen LogP contribution is -2.12. The minimum atomic E-state index is -3.38. The van der Waals surface area contributed by atoms with Crippen LogP contribution in [0.3, 0.4) is 0 Å². The van der Waals surface area contributed by atoms with Gasteiger partial charge in [0.25, 0.3) is 6.01 Å². The largest absolute Gasteiger partial charge is 0.495 e. The van der Waals surface area contributed by atoms with Crippen molar-refractivity contribution in [3.63, 3.8) is 0 Å². The molecule has 0 aliphatic rings. The lowest BCUT2D eigenvalue weighted by molar-refractivity contribution is 0.416. The Kier molecular flexibility index (Phi) is 7.02. The first-order chi connectivity index (χ1) is 16.8. The number of benzene rings is 2. The molecule has 0 aliphatic carbocycles. The molecule has 9 nitrogen and oxygen atoms in total. The molecule has 2 heterocycles. The number of sulfone groups is 1. The highest BCUT2D eigenvalue weighted by atomic mass is 32.2. The maximum Gasteiger partial charge on any atom is 0.299 e. The molecule has 0 spiro atoms. The molecule has 35 heavy (non-hydrogen) atoms. The van der Waals surface area contributed by atoms with Crippen LogP contribution in [0, 0.1) is 0 Å². The third-order valence-electron chi connectivity index (χ3n) is 5.17. The van der Waals surface area contributed by atoms with Gasteiger partial charge in [0.1, 0.15) is 5.75 Å². The molecule has 182 valence electrons. The summed E-state index contributed by atoms with van der Waals surface area (Å²) >= 11 is 0. The molecule has 0 saturated carbocycles. The molecule has 2 aromatic heterocycles. The van der Waals surface area contributed by atoms with Gasteiger partial charge in [-0.2, -0.15) is 0 Å². The lowest BCUT2D eigenvalue weighted by Gasteiger charge is -2.11. The number of nitrogens with zero attached hydrogens (tertiary/aromatic N) is 3. The predicted molar refractivity (Wildman–Crippen MR) is 136 cm³/mol. The molecule has 4 aromatic rings. The Labute approximate surface area is 204 Å². The molecule has 10 heteroatoms. The standard InChI is InChI=1S/C25H27N5O4S/c1-5-35(31,32)19-9-10-22(33-4)21(14-19)30-25-27-15-23(34-25)18-8-6-7-17(13-18)20-11-12-26-24(29-20)28-16(2)3/h6-16H,5H2,1-4H3,(H,27,30)(H,26,28,29). The molecule has 2 N–H and O–H groups in total. The maximum atomic E-state index is 12.3. The number of hydrogen-bond acceptors (Lipinski definition) is 9. The Balaban J connectivity index is 1.60. The smallest absolute Gasteiger partial charge is 0.299 e. The van der Waals surface area contributed by atoms with E-state index in [2.05, 4.69) is 25.6 Å². The van der Waals surface area contributed by atoms with Gasteiger partial charge in [0.05, 0.1) is 35.3 Å². The Morgan fingerprint density at radius 3 is 2.60 bits per heavy atom. The van der Waals surface area contributed by atoms with Gasteiger partial charge < -0.3 is 19.8 Å². The predicted octanol–water partition coefficient (Wildman–Crippen LogP) is 5.16. The zero-order valence-electron chi connectivity index (χ0n) is 19.9. The Morgan fingerprint density at radius 1 is 1.06 bits per heavy atom. The van der Waals surface area contributed by atoms with Crippen molar-refractivity contribution in [2.75, 3.05) is 23.5 Å². The number of anilines is 3. The number of aromatic nitrogens is 3. The van der Waals surface area contributed by atoms with Crippen molar-refractivity contribution in [2.24, 2.45) is 0 Å². The molecule has 0 bridgehead atoms. The molecule has 0 fully saturated rings. The number of oxazole rings is 1. The fourth-order valence-corrected chi connectivity index (χ4v) is 4.31. The average Bonchev–Trinajstić information content (AvgIpc) is 3.32. The van der Waals surface area contributed by atoms with Gasteiger partial charge in [0, 0.05) is 23.4 Å². The molecule has 0 saturated heterocycles. The molecule has 0 amide bonds. The molecular weight excluding hydrogens is 466 g/mol. The minimum Gasteiger partial charge on any atom is -0.495 e. The van der Waals surface area contributed by atoms with E-state index in [0.29, 0.717) is 23.1 Å². The van der Waals surface area contributed by atoms with Crippen LogP contribution in [0.4, 0.5) is 17.7 Å². The summed E-state index contributed by atoms with van der Waals surface area (Å²) in [7, 11) is -1.87. The van der Waals surface area contributed by atoms with E-state index in [0.717, 1.165) is 16.8 Å². The monoisotopic (exact) mass is 493 g/mol. The molecule has 0 unspecified atom stereocenters. The summed E-state index contributed by atoms with van der Waals surface area (Å²) in [5.41, 5.74) is 2.94. The van der Waals surface area contributed by atoms with Crippen molar-refractivity contribution < 1.29 is 17.6 Å². The van der Waals surface area contributed by atoms with E-state index in [1.165, 1.54) is 19.2 Å². The maximum absolute atomic E-state index is 12.3. The first-order valence-corrected chi connectivity index (χ1v) is 12.8. The van der Waals surface area contributed by atoms with Gasteiger partial charge in [0.15, 0.2) is 15.6 Å². The zero-order valence-corrected chi connectivity index (χ0v) is 20.8. The van der Waals surface area contributed by atoms with Gasteiger partial charge in [-0.3, -0.25) is 0 Å². The third kappa shape index (κ3) is 5.60. The van der Waals surface area contributed by atoms with Crippen molar-refractivity contribution in [3.05, 3.63) is 60.9 Å². The van der Waals surface area contributed by atoms with Crippen LogP contribution in [0.2, 0.25) is 0 Å². The van der Waals surface area contributed by atoms with Crippen LogP contribution >= 0.6 is 0 Å². The summed E-state index contributed by atoms with van der Waals surface area (Å²) in [5, 5.41) is 6.23. The fraction of sp³-hybridized carbons (Fsp3) is 0.240. The molecule has 0 atom stereocenters. The van der Waals surface area contributed by atoms with Crippen LogP contribution in [0.25, 0.3) is 22.6 Å². The first kappa shape index (κ1) is 24.2. The summed E-state index contributed by atoms with van der Waals surface area (Å²) in [6.07, 6.45) is 3.32. The van der Waals surface area contributed by atoms with Crippen LogP contribution in [-0.4, -0.2) is 42.3 Å². The van der Waals surface area contributed by atoms with E-state index in [9.17, 15) is 8.42 Å². The summed E-state index contributed by atoms with van der Waals surface area (Å²) in [5.74, 6) is 1.58. The average molecular weight is 494 g/mol. The molecule has 4 rings (SSSR count). The molecule has 2 aromatic carbocycles. The molecule has 0 radical (unpaired) electrons. The topological polar surface area (TPSA) is 119 Å². The van der Waals surface area contributed by atoms with Crippen LogP contribution in [-0.2, 0) is 9.84 Å². The zero-order chi connectivity index (χ0) is 25.0. The van der Waals surface area contributed by atoms with Crippen molar-refractivity contribution in [1.82, 2.24) is 15.0 Å². The van der Waals surface area contributed by atoms with Gasteiger partial charge in [-0.15, -0.1) is 0 Å². The van der Waals surface area contributed by atoms with Crippen molar-refractivity contribution >= 4 is 27.5 Å². The van der Waals surface area contributed by atoms with Crippen LogP contribution < -0.4 is 15.4 Å². The van der Waals surface area contributed by atoms with Gasteiger partial charge in [-0.25, -0.2) is 23.4 Å². The van der Waals surface area contributed by atoms with Gasteiger partial charge >= 0.3 is 0 Å². The Bertz CT molecular complexity index is 1430. The highest BCUT2D eigenvalue weighted by Gasteiger charge is 2.16. The Hall–Kier alpha value is -3.92. The Morgan fingerprint density at radius 2 is 1.86 bits per heavy atom. The van der Waals surface area contributed by atoms with Crippen LogP contribution in [0.5, 0.6) is 5.75 Å². The van der Waals surface area contributed by atoms with E-state index in [-0.39, 0.29) is 22.7 Å². The van der Waals surface area contributed by atoms with Crippen LogP contribution in [0.15, 0.2) is 70.2 Å². The van der Waals surface area contributed by atoms with E-state index >= 15 is 0 Å². The van der Waals surface area contributed by atoms with E-state index < -0.39 is 9.84 Å². The van der Waals surface area contributed by atoms with Gasteiger partial charge in [-0.05, 0) is 44.2 Å². The summed E-state index contributed by atoms with van der Waals surface area (Å²) in [6.45, 7) is 5.66. The number of ether oxygens (including phenoxy) is 1. The van der Waals surface area contributed by atoms with Gasteiger partial charge in [0.2, 0.25) is 5.95 Å². The van der Waals surface area contributed by atoms with Gasteiger partial charge in [-0.1, -0.05) is 25.1 Å². The fourth-order valence-electron chi connectivity index (χ4n) is 3.40. The van der Waals surface area contributed by atoms with E-state index in [1.54, 1.807) is 25.4 Å². The number of methoxy groups -OCH3 is 1. The quantitative estimate of drug-likeness (QED) is 0.325. The highest BCUT2D eigenvalue weighted by molar-refractivity contribution is 7.91. The summed E-state index contributed by atoms with van der Waals surface area (Å²) in [4.78, 5) is 13.4. The number of hydrogen-bond donors (Lipinski definition) is 2. The number of nitrogens with one attached hydrogen (secondary N) is 2. The third-order valence-corrected chi connectivity index (χ3v) is 6.91. The summed E-state index contributed by atoms with van der Waals surface area (Å²) in [6, 6.07) is 14.7. The van der Waals surface area contributed by atoms with E-state index in [4.69, 9.17) is 9.15 Å². The lowest BCUT2D eigenvalue weighted by atomic mass is 10.1. The second-order valence-corrected chi connectivity index (χ2v) is 10.3. The minimum absolute atomic E-state index is 0.000378. The SMILES string of the molecule is CCS(=O)(=O)c1ccc(OC)c(Nc2ncc(-c3cccc(-c4ccnc(NC(C)C)n4)c3)o2)c1. The number of rotatable bonds is 9. The van der Waals surface area contributed by atoms with Crippen LogP contribution in [0.1, 0.15) is 20.8 Å². The summed E-state index contributed by atoms with van der Waals surface area (Å²) < 4.78 is 35.9. The molecular formula is C25H27N5O4S. The highest BCUT2D eigenvalue weighted by Crippen LogP contribution is 2.32. The van der Waals surface area contributed by atoms with E-state index in [1.807, 2.05) is 44.2 Å². The second-order valence-electron chi connectivity index (χ2n) is 8.07. The van der Waals surface area contributed by atoms with Crippen molar-refractivity contribution in [3.8, 4) is 28.3 Å². The first-order valence-electron chi connectivity index (χ1n) is 11.1. The second kappa shape index (κ2) is 10.1.